The molecule has 0 saturated carbocycles. The molecule has 0 aliphatic rings. The Balaban J connectivity index is 0.000000420. The molecule has 240 valence electrons. The number of rotatable bonds is 5. The van der Waals surface area contributed by atoms with Crippen molar-refractivity contribution in [1.29, 1.82) is 0 Å². The number of esters is 1. The molecule has 13 heteroatoms. The van der Waals surface area contributed by atoms with Gasteiger partial charge in [0.05, 0.1) is 21.3 Å². The Morgan fingerprint density at radius 2 is 1.00 bits per heavy atom. The molecule has 5 nitrogen and oxygen atoms in total. The molecule has 0 radical (unpaired) electrons. The Kier molecular flexibility index (Phi) is 11.8. The summed E-state index contributed by atoms with van der Waals surface area (Å²) in [5, 5.41) is 0. The molecule has 0 saturated heterocycles. The quantitative estimate of drug-likeness (QED) is 0.197. The van der Waals surface area contributed by atoms with E-state index in [9.17, 15) is 44.1 Å². The van der Waals surface area contributed by atoms with E-state index in [1.54, 1.807) is 0 Å². The van der Waals surface area contributed by atoms with Gasteiger partial charge in [-0.15, -0.1) is 0 Å². The second-order valence-electron chi connectivity index (χ2n) is 12.8. The zero-order chi connectivity index (χ0) is 33.2. The fourth-order valence-corrected chi connectivity index (χ4v) is 6.22. The van der Waals surface area contributed by atoms with Gasteiger partial charge < -0.3 is 9.29 Å². The van der Waals surface area contributed by atoms with Crippen LogP contribution in [0.25, 0.3) is 0 Å². The van der Waals surface area contributed by atoms with Crippen LogP contribution in [0.2, 0.25) is 0 Å². The standard InChI is InChI=1S/C20H26I.C9H12F6O5S/c1-19(2,3)15-7-11-17(12-8-15)21-18-13-9-16(10-14-18)20(4,5)6;1-6(2,3)5(16)20-7(8(10,11)12,9(13,14)15)4-21(17,18)19/h7-14H,1-6H3;4H2,1-3H3,(H,17,18,19)/q-1;/p-1. The molecule has 0 fully saturated rings. The fraction of sp³-hybridized carbons (Fsp3) is 0.552. The molecule has 0 heterocycles. The van der Waals surface area contributed by atoms with Crippen LogP contribution in [0.1, 0.15) is 73.4 Å². The third-order valence-corrected chi connectivity index (χ3v) is 9.26. The van der Waals surface area contributed by atoms with Crippen LogP contribution in [0, 0.1) is 12.6 Å². The van der Waals surface area contributed by atoms with Crippen molar-refractivity contribution in [2.75, 3.05) is 5.75 Å². The number of benzene rings is 2. The predicted molar refractivity (Wildman–Crippen MR) is 143 cm³/mol. The van der Waals surface area contributed by atoms with Crippen LogP contribution >= 0.6 is 0 Å². The number of hydrogen-bond acceptors (Lipinski definition) is 5. The Labute approximate surface area is 254 Å². The molecular formula is C29H37F6IO5S-2. The summed E-state index contributed by atoms with van der Waals surface area (Å²) in [7, 11) is -6.01. The molecule has 0 aliphatic heterocycles. The van der Waals surface area contributed by atoms with E-state index in [1.807, 2.05) is 0 Å². The molecule has 2 aromatic rings. The van der Waals surface area contributed by atoms with Crippen LogP contribution < -0.4 is 21.2 Å². The number of ether oxygens (including phenoxy) is 1. The van der Waals surface area contributed by atoms with Crippen molar-refractivity contribution in [3.05, 3.63) is 66.8 Å². The summed E-state index contributed by atoms with van der Waals surface area (Å²) in [6, 6.07) is 18.4. The zero-order valence-electron chi connectivity index (χ0n) is 24.9. The van der Waals surface area contributed by atoms with Gasteiger partial charge in [-0.3, -0.25) is 4.79 Å². The van der Waals surface area contributed by atoms with Crippen LogP contribution in [0.4, 0.5) is 26.3 Å². The van der Waals surface area contributed by atoms with Gasteiger partial charge in [0.25, 0.3) is 0 Å². The molecule has 0 spiro atoms. The van der Waals surface area contributed by atoms with E-state index < -0.39 is 45.2 Å². The molecule has 0 bridgehead atoms. The average molecular weight is 739 g/mol. The molecule has 0 N–H and O–H groups in total. The number of alkyl halides is 6. The van der Waals surface area contributed by atoms with Crippen LogP contribution in [0.15, 0.2) is 48.5 Å². The summed E-state index contributed by atoms with van der Waals surface area (Å²) >= 11 is -0.0703. The van der Waals surface area contributed by atoms with Crippen molar-refractivity contribution in [2.45, 2.75) is 91.1 Å². The van der Waals surface area contributed by atoms with Gasteiger partial charge in [-0.25, -0.2) is 8.42 Å². The van der Waals surface area contributed by atoms with Crippen LogP contribution in [-0.2, 0) is 30.5 Å². The molecule has 0 aromatic heterocycles. The summed E-state index contributed by atoms with van der Waals surface area (Å²) in [5.41, 5.74) is -3.88. The van der Waals surface area contributed by atoms with Crippen LogP contribution in [0.3, 0.4) is 0 Å². The summed E-state index contributed by atoms with van der Waals surface area (Å²) in [5.74, 6) is -4.95. The Hall–Kier alpha value is -1.87. The number of halogens is 7. The topological polar surface area (TPSA) is 83.5 Å². The molecule has 0 unspecified atom stereocenters. The number of hydrogen-bond donors (Lipinski definition) is 0. The second kappa shape index (κ2) is 13.0. The van der Waals surface area contributed by atoms with Crippen molar-refractivity contribution < 1.29 is 70.0 Å². The van der Waals surface area contributed by atoms with Gasteiger partial charge in [-0.1, -0.05) is 0 Å². The molecule has 2 aromatic carbocycles. The second-order valence-corrected chi connectivity index (χ2v) is 17.2. The molecule has 0 amide bonds. The van der Waals surface area contributed by atoms with Gasteiger partial charge in [0.1, 0.15) is 0 Å². The summed E-state index contributed by atoms with van der Waals surface area (Å²) in [6.07, 6.45) is -12.7. The van der Waals surface area contributed by atoms with Crippen molar-refractivity contribution in [3.8, 4) is 0 Å². The first kappa shape index (κ1) is 38.2. The van der Waals surface area contributed by atoms with Gasteiger partial charge in [0.2, 0.25) is 0 Å². The van der Waals surface area contributed by atoms with E-state index in [-0.39, 0.29) is 32.0 Å². The van der Waals surface area contributed by atoms with Gasteiger partial charge in [-0.05, 0) is 20.8 Å². The monoisotopic (exact) mass is 738 g/mol. The van der Waals surface area contributed by atoms with E-state index in [1.165, 1.54) is 18.3 Å². The van der Waals surface area contributed by atoms with Gasteiger partial charge >= 0.3 is 164 Å². The van der Waals surface area contributed by atoms with Crippen molar-refractivity contribution >= 4 is 16.1 Å². The summed E-state index contributed by atoms with van der Waals surface area (Å²) < 4.78 is 114. The van der Waals surface area contributed by atoms with E-state index in [4.69, 9.17) is 0 Å². The SMILES string of the molecule is CC(C)(C)C(=O)OC(CS(=O)(=O)[O-])(C(F)(F)F)C(F)(F)F.CC(C)(C)c1ccc([I-]c2ccc(C(C)(C)C)cc2)cc1. The zero-order valence-corrected chi connectivity index (χ0v) is 27.9. The van der Waals surface area contributed by atoms with Crippen molar-refractivity contribution in [2.24, 2.45) is 5.41 Å². The summed E-state index contributed by atoms with van der Waals surface area (Å²) in [4.78, 5) is 11.3. The Morgan fingerprint density at radius 1 is 0.690 bits per heavy atom. The first-order chi connectivity index (χ1) is 18.5. The minimum absolute atomic E-state index is 0.0703. The average Bonchev–Trinajstić information content (AvgIpc) is 2.75. The predicted octanol–water partition coefficient (Wildman–Crippen LogP) is 4.39. The van der Waals surface area contributed by atoms with Crippen molar-refractivity contribution in [3.63, 3.8) is 0 Å². The summed E-state index contributed by atoms with van der Waals surface area (Å²) in [6.45, 7) is 16.5. The van der Waals surface area contributed by atoms with Crippen LogP contribution in [0.5, 0.6) is 0 Å². The number of carbonyl (C=O) groups excluding carboxylic acids is 1. The van der Waals surface area contributed by atoms with E-state index in [0.717, 1.165) is 20.8 Å². The van der Waals surface area contributed by atoms with Crippen LogP contribution in [-0.4, -0.2) is 42.6 Å². The molecule has 42 heavy (non-hydrogen) atoms. The first-order valence-corrected chi connectivity index (χ1v) is 16.4. The number of carbonyl (C=O) groups is 1. The molecule has 2 rings (SSSR count). The molecule has 0 atom stereocenters. The first-order valence-electron chi connectivity index (χ1n) is 12.7. The fourth-order valence-electron chi connectivity index (χ4n) is 3.18. The maximum absolute atomic E-state index is 12.7. The van der Waals surface area contributed by atoms with Crippen molar-refractivity contribution in [1.82, 2.24) is 0 Å². The Morgan fingerprint density at radius 3 is 1.21 bits per heavy atom. The normalized spacial score (nSPS) is 13.8. The Bertz CT molecular complexity index is 1230. The van der Waals surface area contributed by atoms with E-state index >= 15 is 0 Å². The maximum atomic E-state index is 12.7. The van der Waals surface area contributed by atoms with Gasteiger partial charge in [-0.2, -0.15) is 26.3 Å². The third kappa shape index (κ3) is 11.0. The van der Waals surface area contributed by atoms with Gasteiger partial charge in [0, 0.05) is 0 Å². The van der Waals surface area contributed by atoms with Gasteiger partial charge in [0.15, 0.2) is 0 Å². The third-order valence-electron chi connectivity index (χ3n) is 5.81. The van der Waals surface area contributed by atoms with E-state index in [0.29, 0.717) is 0 Å². The minimum atomic E-state index is -6.34. The molecule has 0 aliphatic carbocycles. The van der Waals surface area contributed by atoms with E-state index in [2.05, 4.69) is 94.8 Å². The molecular weight excluding hydrogens is 701 g/mol.